The SMILES string of the molecule is COc1ccc(-c2nc(-c3ccc4c(c3)C[C@@H](C)N4S(C)(=O)=O)cs2)cc1. The van der Waals surface area contributed by atoms with E-state index in [1.54, 1.807) is 18.4 Å². The van der Waals surface area contributed by atoms with Crippen LogP contribution in [0.3, 0.4) is 0 Å². The van der Waals surface area contributed by atoms with E-state index in [0.29, 0.717) is 6.42 Å². The van der Waals surface area contributed by atoms with Crippen molar-refractivity contribution in [3.05, 3.63) is 53.4 Å². The highest BCUT2D eigenvalue weighted by Crippen LogP contribution is 2.37. The van der Waals surface area contributed by atoms with Crippen LogP contribution in [-0.2, 0) is 16.4 Å². The molecular formula is C20H20N2O3S2. The molecule has 27 heavy (non-hydrogen) atoms. The zero-order valence-corrected chi connectivity index (χ0v) is 17.0. The van der Waals surface area contributed by atoms with Crippen LogP contribution in [0, 0.1) is 0 Å². The van der Waals surface area contributed by atoms with Gasteiger partial charge in [-0.3, -0.25) is 4.31 Å². The predicted molar refractivity (Wildman–Crippen MR) is 110 cm³/mol. The molecule has 0 spiro atoms. The molecule has 1 atom stereocenters. The van der Waals surface area contributed by atoms with Gasteiger partial charge in [0, 0.05) is 22.5 Å². The number of ether oxygens (including phenoxy) is 1. The molecule has 0 amide bonds. The highest BCUT2D eigenvalue weighted by atomic mass is 32.2. The Morgan fingerprint density at radius 1 is 1.15 bits per heavy atom. The van der Waals surface area contributed by atoms with Crippen LogP contribution >= 0.6 is 11.3 Å². The van der Waals surface area contributed by atoms with E-state index in [9.17, 15) is 8.42 Å². The smallest absolute Gasteiger partial charge is 0.232 e. The van der Waals surface area contributed by atoms with Gasteiger partial charge in [-0.2, -0.15) is 0 Å². The molecule has 4 rings (SSSR count). The van der Waals surface area contributed by atoms with Crippen molar-refractivity contribution in [2.45, 2.75) is 19.4 Å². The Bertz CT molecular complexity index is 1090. The largest absolute Gasteiger partial charge is 0.497 e. The zero-order chi connectivity index (χ0) is 19.2. The summed E-state index contributed by atoms with van der Waals surface area (Å²) in [6.07, 6.45) is 1.97. The summed E-state index contributed by atoms with van der Waals surface area (Å²) in [6.45, 7) is 1.94. The van der Waals surface area contributed by atoms with Gasteiger partial charge in [-0.15, -0.1) is 11.3 Å². The Hall–Kier alpha value is -2.38. The third-order valence-electron chi connectivity index (χ3n) is 4.73. The Kier molecular flexibility index (Phi) is 4.44. The summed E-state index contributed by atoms with van der Waals surface area (Å²) < 4.78 is 30.9. The van der Waals surface area contributed by atoms with E-state index >= 15 is 0 Å². The summed E-state index contributed by atoms with van der Waals surface area (Å²) in [4.78, 5) is 4.76. The summed E-state index contributed by atoms with van der Waals surface area (Å²) >= 11 is 1.59. The molecule has 0 unspecified atom stereocenters. The second kappa shape index (κ2) is 6.65. The standard InChI is InChI=1S/C20H20N2O3S2/c1-13-10-16-11-15(6-9-19(16)22(13)27(3,23)24)18-12-26-20(21-18)14-4-7-17(25-2)8-5-14/h4-9,11-13H,10H2,1-3H3/t13-/m1/s1. The number of thiazole rings is 1. The number of nitrogens with zero attached hydrogens (tertiary/aromatic N) is 2. The van der Waals surface area contributed by atoms with Crippen LogP contribution in [-0.4, -0.2) is 32.8 Å². The van der Waals surface area contributed by atoms with Crippen molar-refractivity contribution in [1.29, 1.82) is 0 Å². The average molecular weight is 401 g/mol. The lowest BCUT2D eigenvalue weighted by molar-refractivity contribution is 0.415. The monoisotopic (exact) mass is 400 g/mol. The summed E-state index contributed by atoms with van der Waals surface area (Å²) in [5, 5.41) is 2.98. The molecule has 0 saturated carbocycles. The molecule has 0 bridgehead atoms. The maximum atomic E-state index is 12.1. The minimum atomic E-state index is -3.27. The van der Waals surface area contributed by atoms with Gasteiger partial charge in [0.05, 0.1) is 24.7 Å². The lowest BCUT2D eigenvalue weighted by Crippen LogP contribution is -2.34. The molecule has 0 saturated heterocycles. The van der Waals surface area contributed by atoms with Crippen LogP contribution in [0.5, 0.6) is 5.75 Å². The molecule has 0 aliphatic carbocycles. The van der Waals surface area contributed by atoms with E-state index in [4.69, 9.17) is 9.72 Å². The minimum absolute atomic E-state index is 0.0597. The van der Waals surface area contributed by atoms with E-state index in [2.05, 4.69) is 6.07 Å². The highest BCUT2D eigenvalue weighted by Gasteiger charge is 2.32. The normalized spacial score (nSPS) is 16.4. The molecule has 1 aliphatic rings. The van der Waals surface area contributed by atoms with Gasteiger partial charge in [0.1, 0.15) is 10.8 Å². The Morgan fingerprint density at radius 3 is 2.52 bits per heavy atom. The molecule has 140 valence electrons. The number of hydrogen-bond acceptors (Lipinski definition) is 5. The van der Waals surface area contributed by atoms with Crippen LogP contribution < -0.4 is 9.04 Å². The Balaban J connectivity index is 1.66. The van der Waals surface area contributed by atoms with Crippen molar-refractivity contribution in [3.8, 4) is 27.6 Å². The van der Waals surface area contributed by atoms with E-state index in [0.717, 1.165) is 38.8 Å². The third-order valence-corrected chi connectivity index (χ3v) is 6.89. The molecule has 1 aromatic heterocycles. The molecule has 5 nitrogen and oxygen atoms in total. The van der Waals surface area contributed by atoms with E-state index in [1.165, 1.54) is 10.6 Å². The first kappa shape index (κ1) is 18.0. The van der Waals surface area contributed by atoms with Crippen molar-refractivity contribution < 1.29 is 13.2 Å². The average Bonchev–Trinajstić information content (AvgIpc) is 3.24. The zero-order valence-electron chi connectivity index (χ0n) is 15.3. The first-order valence-electron chi connectivity index (χ1n) is 8.59. The van der Waals surface area contributed by atoms with Gasteiger partial charge in [-0.1, -0.05) is 6.07 Å². The number of aromatic nitrogens is 1. The van der Waals surface area contributed by atoms with Crippen LogP contribution in [0.1, 0.15) is 12.5 Å². The van der Waals surface area contributed by atoms with Crippen molar-refractivity contribution in [1.82, 2.24) is 4.98 Å². The fourth-order valence-corrected chi connectivity index (χ4v) is 5.64. The Labute approximate surface area is 163 Å². The lowest BCUT2D eigenvalue weighted by atomic mass is 10.1. The molecule has 0 fully saturated rings. The summed E-state index contributed by atoms with van der Waals surface area (Å²) in [5.41, 5.74) is 4.78. The van der Waals surface area contributed by atoms with Gasteiger partial charge in [0.25, 0.3) is 0 Å². The van der Waals surface area contributed by atoms with Gasteiger partial charge in [0.15, 0.2) is 0 Å². The number of methoxy groups -OCH3 is 1. The molecule has 3 aromatic rings. The van der Waals surface area contributed by atoms with Gasteiger partial charge in [-0.25, -0.2) is 13.4 Å². The lowest BCUT2D eigenvalue weighted by Gasteiger charge is -2.21. The van der Waals surface area contributed by atoms with Gasteiger partial charge < -0.3 is 4.74 Å². The second-order valence-corrected chi connectivity index (χ2v) is 9.44. The Morgan fingerprint density at radius 2 is 1.85 bits per heavy atom. The van der Waals surface area contributed by atoms with Gasteiger partial charge in [0.2, 0.25) is 10.0 Å². The quantitative estimate of drug-likeness (QED) is 0.659. The number of sulfonamides is 1. The summed E-state index contributed by atoms with van der Waals surface area (Å²) in [6, 6.07) is 13.7. The molecule has 0 radical (unpaired) electrons. The maximum Gasteiger partial charge on any atom is 0.232 e. The van der Waals surface area contributed by atoms with Crippen LogP contribution in [0.25, 0.3) is 21.8 Å². The topological polar surface area (TPSA) is 59.5 Å². The molecule has 7 heteroatoms. The summed E-state index contributed by atoms with van der Waals surface area (Å²) in [5.74, 6) is 0.818. The first-order chi connectivity index (χ1) is 12.9. The summed E-state index contributed by atoms with van der Waals surface area (Å²) in [7, 11) is -1.62. The van der Waals surface area contributed by atoms with Crippen molar-refractivity contribution in [3.63, 3.8) is 0 Å². The van der Waals surface area contributed by atoms with Crippen LogP contribution in [0.2, 0.25) is 0 Å². The third kappa shape index (κ3) is 3.33. The van der Waals surface area contributed by atoms with Crippen LogP contribution in [0.15, 0.2) is 47.8 Å². The van der Waals surface area contributed by atoms with Gasteiger partial charge >= 0.3 is 0 Å². The fourth-order valence-electron chi connectivity index (χ4n) is 3.54. The molecule has 0 N–H and O–H groups in total. The predicted octanol–water partition coefficient (Wildman–Crippen LogP) is 4.20. The van der Waals surface area contributed by atoms with Crippen molar-refractivity contribution in [2.75, 3.05) is 17.7 Å². The maximum absolute atomic E-state index is 12.1. The minimum Gasteiger partial charge on any atom is -0.497 e. The highest BCUT2D eigenvalue weighted by molar-refractivity contribution is 7.92. The number of rotatable bonds is 4. The second-order valence-electron chi connectivity index (χ2n) is 6.72. The van der Waals surface area contributed by atoms with Crippen LogP contribution in [0.4, 0.5) is 5.69 Å². The fraction of sp³-hybridized carbons (Fsp3) is 0.250. The number of hydrogen-bond donors (Lipinski definition) is 0. The van der Waals surface area contributed by atoms with Crippen molar-refractivity contribution in [2.24, 2.45) is 0 Å². The van der Waals surface area contributed by atoms with Crippen molar-refractivity contribution >= 4 is 27.0 Å². The van der Waals surface area contributed by atoms with E-state index in [-0.39, 0.29) is 6.04 Å². The first-order valence-corrected chi connectivity index (χ1v) is 11.3. The molecular weight excluding hydrogens is 380 g/mol. The number of anilines is 1. The van der Waals surface area contributed by atoms with E-state index < -0.39 is 10.0 Å². The number of fused-ring (bicyclic) bond motifs is 1. The van der Waals surface area contributed by atoms with E-state index in [1.807, 2.05) is 48.7 Å². The molecule has 2 aromatic carbocycles. The molecule has 2 heterocycles. The van der Waals surface area contributed by atoms with Gasteiger partial charge in [-0.05, 0) is 55.3 Å². The molecule has 1 aliphatic heterocycles. The number of benzene rings is 2.